The number of hydrogen-bond donors (Lipinski definition) is 0. The fourth-order valence-electron chi connectivity index (χ4n) is 4.39. The van der Waals surface area contributed by atoms with Crippen molar-refractivity contribution in [3.05, 3.63) is 42.5 Å². The summed E-state index contributed by atoms with van der Waals surface area (Å²) in [6.45, 7) is 12.0. The van der Waals surface area contributed by atoms with E-state index in [0.717, 1.165) is 57.2 Å². The molecule has 3 heterocycles. The van der Waals surface area contributed by atoms with Gasteiger partial charge in [0, 0.05) is 69.1 Å². The van der Waals surface area contributed by atoms with E-state index in [1.807, 2.05) is 19.3 Å². The molecule has 1 unspecified atom stereocenters. The lowest BCUT2D eigenvalue weighted by Gasteiger charge is -2.37. The maximum atomic E-state index is 13.0. The molecule has 0 bridgehead atoms. The number of carbonyl (C=O) groups excluding carboxylic acids is 1. The molecule has 0 N–H and O–H groups in total. The first-order valence-electron chi connectivity index (χ1n) is 10.4. The Morgan fingerprint density at radius 2 is 1.71 bits per heavy atom. The Bertz CT molecular complexity index is 805. The van der Waals surface area contributed by atoms with Gasteiger partial charge in [-0.2, -0.15) is 0 Å². The smallest absolute Gasteiger partial charge is 0.227 e. The van der Waals surface area contributed by atoms with Gasteiger partial charge in [-0.3, -0.25) is 9.69 Å². The van der Waals surface area contributed by atoms with Crippen molar-refractivity contribution in [2.45, 2.75) is 33.2 Å². The van der Waals surface area contributed by atoms with Crippen molar-refractivity contribution in [1.82, 2.24) is 19.4 Å². The maximum Gasteiger partial charge on any atom is 0.227 e. The Balaban J connectivity index is 1.35. The highest BCUT2D eigenvalue weighted by atomic mass is 16.2. The minimum atomic E-state index is 0.126. The third-order valence-electron chi connectivity index (χ3n) is 6.21. The summed E-state index contributed by atoms with van der Waals surface area (Å²) < 4.78 is 2.08. The van der Waals surface area contributed by atoms with Crippen molar-refractivity contribution < 1.29 is 4.79 Å². The van der Waals surface area contributed by atoms with E-state index in [9.17, 15) is 4.79 Å². The molecule has 2 fully saturated rings. The molecule has 1 aromatic heterocycles. The Kier molecular flexibility index (Phi) is 5.40. The molecule has 0 spiro atoms. The first kappa shape index (κ1) is 19.0. The average Bonchev–Trinajstić information content (AvgIpc) is 3.37. The van der Waals surface area contributed by atoms with Gasteiger partial charge in [-0.1, -0.05) is 0 Å². The Morgan fingerprint density at radius 1 is 1.04 bits per heavy atom. The van der Waals surface area contributed by atoms with Gasteiger partial charge in [-0.15, -0.1) is 0 Å². The quantitative estimate of drug-likeness (QED) is 0.817. The molecule has 2 aromatic rings. The number of rotatable bonds is 4. The zero-order valence-electron chi connectivity index (χ0n) is 17.2. The van der Waals surface area contributed by atoms with E-state index < -0.39 is 0 Å². The number of aromatic nitrogens is 2. The van der Waals surface area contributed by atoms with E-state index in [0.29, 0.717) is 11.9 Å². The van der Waals surface area contributed by atoms with Gasteiger partial charge in [0.05, 0.1) is 5.92 Å². The van der Waals surface area contributed by atoms with Crippen LogP contribution < -0.4 is 4.90 Å². The molecule has 0 aliphatic carbocycles. The number of imidazole rings is 1. The lowest BCUT2D eigenvalue weighted by molar-refractivity contribution is -0.136. The molecule has 1 amide bonds. The molecule has 28 heavy (non-hydrogen) atoms. The largest absolute Gasteiger partial charge is 0.371 e. The van der Waals surface area contributed by atoms with Gasteiger partial charge in [0.25, 0.3) is 0 Å². The number of piperazine rings is 1. The van der Waals surface area contributed by atoms with Crippen molar-refractivity contribution in [2.24, 2.45) is 5.92 Å². The van der Waals surface area contributed by atoms with Crippen LogP contribution in [-0.2, 0) is 4.79 Å². The third kappa shape index (κ3) is 3.78. The second-order valence-corrected chi connectivity index (χ2v) is 8.25. The van der Waals surface area contributed by atoms with Gasteiger partial charge in [0.2, 0.25) is 5.91 Å². The number of aryl methyl sites for hydroxylation is 1. The molecule has 2 aliphatic rings. The van der Waals surface area contributed by atoms with E-state index >= 15 is 0 Å². The van der Waals surface area contributed by atoms with Crippen molar-refractivity contribution in [2.75, 3.05) is 44.2 Å². The average molecular weight is 382 g/mol. The van der Waals surface area contributed by atoms with E-state index in [1.165, 1.54) is 5.69 Å². The van der Waals surface area contributed by atoms with E-state index in [4.69, 9.17) is 0 Å². The number of hydrogen-bond acceptors (Lipinski definition) is 4. The highest BCUT2D eigenvalue weighted by Gasteiger charge is 2.33. The number of amides is 1. The Hall–Kier alpha value is -2.34. The summed E-state index contributed by atoms with van der Waals surface area (Å²) in [5.41, 5.74) is 2.31. The second kappa shape index (κ2) is 7.95. The normalized spacial score (nSPS) is 20.9. The van der Waals surface area contributed by atoms with Crippen molar-refractivity contribution in [3.8, 4) is 5.69 Å². The van der Waals surface area contributed by atoms with Crippen LogP contribution in [0.1, 0.15) is 26.1 Å². The molecule has 6 nitrogen and oxygen atoms in total. The SMILES string of the molecule is Cc1nccn1-c1ccc(N2CCC(C(=O)N3CCN(C(C)C)CC3)C2)cc1. The fraction of sp³-hybridized carbons (Fsp3) is 0.545. The van der Waals surface area contributed by atoms with Crippen LogP contribution in [-0.4, -0.2) is 70.6 Å². The highest BCUT2D eigenvalue weighted by molar-refractivity contribution is 5.80. The molecule has 150 valence electrons. The van der Waals surface area contributed by atoms with Crippen LogP contribution >= 0.6 is 0 Å². The van der Waals surface area contributed by atoms with Gasteiger partial charge in [-0.25, -0.2) is 4.98 Å². The van der Waals surface area contributed by atoms with Crippen LogP contribution in [0.5, 0.6) is 0 Å². The van der Waals surface area contributed by atoms with Crippen molar-refractivity contribution in [3.63, 3.8) is 0 Å². The minimum absolute atomic E-state index is 0.126. The van der Waals surface area contributed by atoms with Gasteiger partial charge < -0.3 is 14.4 Å². The monoisotopic (exact) mass is 381 g/mol. The summed E-state index contributed by atoms with van der Waals surface area (Å²) in [7, 11) is 0. The topological polar surface area (TPSA) is 44.6 Å². The van der Waals surface area contributed by atoms with E-state index in [1.54, 1.807) is 0 Å². The first-order valence-corrected chi connectivity index (χ1v) is 10.4. The summed E-state index contributed by atoms with van der Waals surface area (Å²) in [5, 5.41) is 0. The number of benzene rings is 1. The summed E-state index contributed by atoms with van der Waals surface area (Å²) in [6.07, 6.45) is 4.75. The van der Waals surface area contributed by atoms with Crippen LogP contribution in [0.25, 0.3) is 5.69 Å². The molecule has 1 aromatic carbocycles. The molecule has 0 saturated carbocycles. The molecule has 6 heteroatoms. The molecule has 2 saturated heterocycles. The fourth-order valence-corrected chi connectivity index (χ4v) is 4.39. The van der Waals surface area contributed by atoms with Gasteiger partial charge in [0.15, 0.2) is 0 Å². The standard InChI is InChI=1S/C22H31N5O/c1-17(2)24-12-14-25(15-13-24)22(28)19-8-10-26(16-19)20-4-6-21(7-5-20)27-11-9-23-18(27)3/h4-7,9,11,17,19H,8,10,12-16H2,1-3H3. The Labute approximate surface area is 167 Å². The number of nitrogens with zero attached hydrogens (tertiary/aromatic N) is 5. The van der Waals surface area contributed by atoms with Gasteiger partial charge in [0.1, 0.15) is 5.82 Å². The number of carbonyl (C=O) groups is 1. The van der Waals surface area contributed by atoms with Crippen LogP contribution in [0, 0.1) is 12.8 Å². The Morgan fingerprint density at radius 3 is 2.32 bits per heavy atom. The van der Waals surface area contributed by atoms with Gasteiger partial charge in [-0.05, 0) is 51.5 Å². The molecular weight excluding hydrogens is 350 g/mol. The molecule has 2 aliphatic heterocycles. The van der Waals surface area contributed by atoms with E-state index in [-0.39, 0.29) is 5.92 Å². The summed E-state index contributed by atoms with van der Waals surface area (Å²) >= 11 is 0. The van der Waals surface area contributed by atoms with Crippen LogP contribution in [0.2, 0.25) is 0 Å². The van der Waals surface area contributed by atoms with Crippen LogP contribution in [0.15, 0.2) is 36.7 Å². The second-order valence-electron chi connectivity index (χ2n) is 8.25. The summed E-state index contributed by atoms with van der Waals surface area (Å²) in [6, 6.07) is 9.13. The zero-order chi connectivity index (χ0) is 19.7. The summed E-state index contributed by atoms with van der Waals surface area (Å²) in [4.78, 5) is 24.1. The predicted octanol–water partition coefficient (Wildman–Crippen LogP) is 2.56. The highest BCUT2D eigenvalue weighted by Crippen LogP contribution is 2.26. The van der Waals surface area contributed by atoms with Crippen LogP contribution in [0.4, 0.5) is 5.69 Å². The lowest BCUT2D eigenvalue weighted by atomic mass is 10.1. The first-order chi connectivity index (χ1) is 13.5. The molecule has 4 rings (SSSR count). The zero-order valence-corrected chi connectivity index (χ0v) is 17.2. The predicted molar refractivity (Wildman–Crippen MR) is 112 cm³/mol. The molecule has 0 radical (unpaired) electrons. The third-order valence-corrected chi connectivity index (χ3v) is 6.21. The summed E-state index contributed by atoms with van der Waals surface area (Å²) in [5.74, 6) is 1.45. The van der Waals surface area contributed by atoms with Crippen molar-refractivity contribution >= 4 is 11.6 Å². The van der Waals surface area contributed by atoms with E-state index in [2.05, 4.69) is 62.4 Å². The maximum absolute atomic E-state index is 13.0. The molecular formula is C22H31N5O. The van der Waals surface area contributed by atoms with Gasteiger partial charge >= 0.3 is 0 Å². The number of anilines is 1. The van der Waals surface area contributed by atoms with Crippen molar-refractivity contribution in [1.29, 1.82) is 0 Å². The van der Waals surface area contributed by atoms with Crippen LogP contribution in [0.3, 0.4) is 0 Å². The molecule has 1 atom stereocenters. The minimum Gasteiger partial charge on any atom is -0.371 e. The lowest BCUT2D eigenvalue weighted by Crippen LogP contribution is -2.52.